The summed E-state index contributed by atoms with van der Waals surface area (Å²) in [6.45, 7) is 12.3. The van der Waals surface area contributed by atoms with E-state index < -0.39 is 156 Å². The molecule has 8 aliphatic rings. The average molecular weight is 1050 g/mol. The number of methoxy groups -OCH3 is 2. The molecule has 0 aromatic heterocycles. The summed E-state index contributed by atoms with van der Waals surface area (Å²) < 4.78 is 67.5. The van der Waals surface area contributed by atoms with Crippen LogP contribution in [0.25, 0.3) is 0 Å². The van der Waals surface area contributed by atoms with Crippen LogP contribution in [0.1, 0.15) is 129 Å². The van der Waals surface area contributed by atoms with Gasteiger partial charge in [-0.2, -0.15) is 0 Å². The Hall–Kier alpha value is -2.03. The van der Waals surface area contributed by atoms with Gasteiger partial charge in [-0.3, -0.25) is 0 Å². The molecular formula is C54H84O20. The Morgan fingerprint density at radius 1 is 0.649 bits per heavy atom. The van der Waals surface area contributed by atoms with Crippen molar-refractivity contribution in [3.63, 3.8) is 0 Å². The van der Waals surface area contributed by atoms with E-state index in [-0.39, 0.29) is 57.0 Å². The second-order valence-electron chi connectivity index (χ2n) is 23.5. The number of aliphatic hydroxyl groups is 8. The first-order valence-corrected chi connectivity index (χ1v) is 27.1. The lowest BCUT2D eigenvalue weighted by molar-refractivity contribution is -0.355. The van der Waals surface area contributed by atoms with Crippen LogP contribution in [0.2, 0.25) is 0 Å². The maximum Gasteiger partial charge on any atom is 0.338 e. The van der Waals surface area contributed by atoms with Crippen LogP contribution in [0.5, 0.6) is 0 Å². The Labute approximate surface area is 434 Å². The number of carbonyl (C=O) groups is 1. The van der Waals surface area contributed by atoms with E-state index in [0.29, 0.717) is 31.2 Å². The number of benzene rings is 1. The Morgan fingerprint density at radius 2 is 1.24 bits per heavy atom. The van der Waals surface area contributed by atoms with Crippen molar-refractivity contribution in [1.29, 1.82) is 0 Å². The van der Waals surface area contributed by atoms with Crippen molar-refractivity contribution in [2.45, 2.75) is 259 Å². The van der Waals surface area contributed by atoms with Crippen LogP contribution in [-0.4, -0.2) is 201 Å². The molecule has 4 saturated heterocycles. The number of fused-ring (bicyclic) bond motifs is 5. The van der Waals surface area contributed by atoms with Crippen LogP contribution in [0.15, 0.2) is 30.3 Å². The molecule has 4 heterocycles. The van der Waals surface area contributed by atoms with Gasteiger partial charge in [-0.05, 0) is 115 Å². The Morgan fingerprint density at radius 3 is 1.82 bits per heavy atom. The topological polar surface area (TPSA) is 280 Å². The minimum Gasteiger partial charge on any atom is -0.458 e. The fourth-order valence-corrected chi connectivity index (χ4v) is 15.2. The predicted molar refractivity (Wildman–Crippen MR) is 259 cm³/mol. The maximum absolute atomic E-state index is 13.7. The Bertz CT molecular complexity index is 2050. The number of rotatable bonds is 13. The molecule has 1 aromatic carbocycles. The van der Waals surface area contributed by atoms with Crippen LogP contribution in [0, 0.1) is 22.7 Å². The summed E-state index contributed by atoms with van der Waals surface area (Å²) >= 11 is 0. The van der Waals surface area contributed by atoms with Gasteiger partial charge in [0.25, 0.3) is 0 Å². The van der Waals surface area contributed by atoms with E-state index in [0.717, 1.165) is 0 Å². The van der Waals surface area contributed by atoms with Crippen LogP contribution in [0.3, 0.4) is 0 Å². The smallest absolute Gasteiger partial charge is 0.338 e. The van der Waals surface area contributed by atoms with Gasteiger partial charge < -0.3 is 93.0 Å². The van der Waals surface area contributed by atoms with Gasteiger partial charge in [0.15, 0.2) is 25.2 Å². The summed E-state index contributed by atoms with van der Waals surface area (Å²) in [5.41, 5.74) is -7.16. The second kappa shape index (κ2) is 21.6. The third-order valence-corrected chi connectivity index (χ3v) is 19.6. The van der Waals surface area contributed by atoms with Crippen LogP contribution in [0.4, 0.5) is 0 Å². The molecule has 4 aliphatic carbocycles. The normalized spacial score (nSPS) is 52.0. The third kappa shape index (κ3) is 9.62. The van der Waals surface area contributed by atoms with Crippen molar-refractivity contribution in [2.24, 2.45) is 22.7 Å². The van der Waals surface area contributed by atoms with Crippen molar-refractivity contribution < 1.29 is 97.8 Å². The summed E-state index contributed by atoms with van der Waals surface area (Å²) in [5, 5.41) is 93.5. The van der Waals surface area contributed by atoms with E-state index in [2.05, 4.69) is 6.92 Å². The first kappa shape index (κ1) is 56.7. The van der Waals surface area contributed by atoms with Crippen LogP contribution in [-0.2, 0) is 52.1 Å². The zero-order valence-corrected chi connectivity index (χ0v) is 44.3. The molecule has 20 heteroatoms. The van der Waals surface area contributed by atoms with Gasteiger partial charge in [-0.15, -0.1) is 0 Å². The van der Waals surface area contributed by atoms with Crippen molar-refractivity contribution >= 4 is 5.97 Å². The first-order chi connectivity index (χ1) is 34.9. The molecule has 0 amide bonds. The molecule has 0 spiro atoms. The highest BCUT2D eigenvalue weighted by molar-refractivity contribution is 5.89. The molecule has 74 heavy (non-hydrogen) atoms. The van der Waals surface area contributed by atoms with Gasteiger partial charge in [-0.25, -0.2) is 4.79 Å². The fourth-order valence-electron chi connectivity index (χ4n) is 15.2. The second-order valence-corrected chi connectivity index (χ2v) is 23.5. The van der Waals surface area contributed by atoms with E-state index in [4.69, 9.17) is 52.1 Å². The van der Waals surface area contributed by atoms with Crippen molar-refractivity contribution in [2.75, 3.05) is 14.2 Å². The summed E-state index contributed by atoms with van der Waals surface area (Å²) in [5.74, 6) is -1.07. The molecule has 4 aliphatic heterocycles. The van der Waals surface area contributed by atoms with Gasteiger partial charge in [0.2, 0.25) is 0 Å². The number of hydrogen-bond acceptors (Lipinski definition) is 20. The van der Waals surface area contributed by atoms with E-state index in [1.807, 2.05) is 0 Å². The summed E-state index contributed by atoms with van der Waals surface area (Å²) in [7, 11) is 2.93. The zero-order chi connectivity index (χ0) is 53.4. The molecule has 9 rings (SSSR count). The monoisotopic (exact) mass is 1050 g/mol. The highest BCUT2D eigenvalue weighted by Crippen LogP contribution is 2.72. The standard InChI is InChI=1S/C54H84O20/c1-26-42(58)47(65-9)43(59)49(69-26)74-46-29(4)68-41(24-36(46)64-8)73-45-28(3)67-40(23-35(45)57)72-44-27(2)66-39(22-34(44)56)70-33-16-17-50(6)32(21-33)15-18-53(62)37(50)25-38(71-48(60)31-13-11-10-12-14-31)51(7)52(61,30(5)55)19-20-54(51,53)63/h10-14,26-30,32-47,49,55-59,61-63H,15-25H2,1-9H3. The van der Waals surface area contributed by atoms with Crippen molar-refractivity contribution in [1.82, 2.24) is 0 Å². The van der Waals surface area contributed by atoms with Gasteiger partial charge in [0.05, 0.1) is 71.5 Å². The lowest BCUT2D eigenvalue weighted by Gasteiger charge is -2.69. The van der Waals surface area contributed by atoms with Gasteiger partial charge in [0.1, 0.15) is 53.9 Å². The number of hydrogen-bond donors (Lipinski definition) is 8. The number of carbonyl (C=O) groups excluding carboxylic acids is 1. The molecule has 27 unspecified atom stereocenters. The molecule has 420 valence electrons. The van der Waals surface area contributed by atoms with E-state index in [1.165, 1.54) is 21.1 Å². The first-order valence-electron chi connectivity index (χ1n) is 27.1. The average Bonchev–Trinajstić information content (AvgIpc) is 3.59. The van der Waals surface area contributed by atoms with Crippen LogP contribution >= 0.6 is 0 Å². The molecule has 8 N–H and O–H groups in total. The third-order valence-electron chi connectivity index (χ3n) is 19.6. The predicted octanol–water partition coefficient (Wildman–Crippen LogP) is 2.37. The van der Waals surface area contributed by atoms with Gasteiger partial charge in [-0.1, -0.05) is 32.0 Å². The van der Waals surface area contributed by atoms with Crippen LogP contribution < -0.4 is 0 Å². The number of aliphatic hydroxyl groups excluding tert-OH is 5. The summed E-state index contributed by atoms with van der Waals surface area (Å²) in [6, 6.07) is 8.55. The zero-order valence-electron chi connectivity index (χ0n) is 44.3. The van der Waals surface area contributed by atoms with Crippen molar-refractivity contribution in [3.05, 3.63) is 35.9 Å². The Balaban J connectivity index is 0.781. The number of ether oxygens (including phenoxy) is 11. The molecule has 27 atom stereocenters. The minimum atomic E-state index is -1.88. The molecule has 0 bridgehead atoms. The molecular weight excluding hydrogens is 969 g/mol. The quantitative estimate of drug-likeness (QED) is 0.104. The minimum absolute atomic E-state index is 0.0184. The van der Waals surface area contributed by atoms with E-state index >= 15 is 0 Å². The maximum atomic E-state index is 13.7. The Kier molecular flexibility index (Phi) is 16.5. The molecule has 4 saturated carbocycles. The van der Waals surface area contributed by atoms with E-state index in [1.54, 1.807) is 65.0 Å². The lowest BCUT2D eigenvalue weighted by atomic mass is 9.40. The molecule has 0 radical (unpaired) electrons. The highest BCUT2D eigenvalue weighted by atomic mass is 16.8. The molecule has 1 aromatic rings. The molecule has 8 fully saturated rings. The summed E-state index contributed by atoms with van der Waals surface area (Å²) in [6.07, 6.45) is -13.4. The highest BCUT2D eigenvalue weighted by Gasteiger charge is 2.81. The fraction of sp³-hybridized carbons (Fsp3) is 0.870. The summed E-state index contributed by atoms with van der Waals surface area (Å²) in [4.78, 5) is 13.7. The van der Waals surface area contributed by atoms with Gasteiger partial charge in [0, 0.05) is 33.5 Å². The van der Waals surface area contributed by atoms with Crippen molar-refractivity contribution in [3.8, 4) is 0 Å². The number of esters is 1. The SMILES string of the molecule is COC1CC(OC2C(O)CC(OC3C(O)CC(OC4CCC5(C)C(CCC6(O)C5CC(OC(=O)c5ccccc5)C5(C)C(O)(C(C)O)CCC65O)C4)OC3C)OC2C)OC(C)C1OC1OC(C)C(O)C(OC)C1O. The van der Waals surface area contributed by atoms with Gasteiger partial charge >= 0.3 is 5.97 Å². The lowest BCUT2D eigenvalue weighted by Crippen LogP contribution is -2.79. The largest absolute Gasteiger partial charge is 0.458 e. The van der Waals surface area contributed by atoms with E-state index in [9.17, 15) is 45.6 Å². The molecule has 20 nitrogen and oxygen atoms in total.